The summed E-state index contributed by atoms with van der Waals surface area (Å²) in [6.07, 6.45) is 7.89. The molecule has 0 unspecified atom stereocenters. The van der Waals surface area contributed by atoms with Gasteiger partial charge in [0.25, 0.3) is 0 Å². The van der Waals surface area contributed by atoms with E-state index in [2.05, 4.69) is 39.5 Å². The highest BCUT2D eigenvalue weighted by Gasteiger charge is 2.24. The Morgan fingerprint density at radius 3 is 2.78 bits per heavy atom. The molecule has 0 radical (unpaired) electrons. The number of aromatic nitrogens is 1. The van der Waals surface area contributed by atoms with Gasteiger partial charge in [-0.15, -0.1) is 11.3 Å². The fourth-order valence-electron chi connectivity index (χ4n) is 2.77. The van der Waals surface area contributed by atoms with Crippen LogP contribution in [0.3, 0.4) is 0 Å². The van der Waals surface area contributed by atoms with Crippen LogP contribution >= 0.6 is 11.3 Å². The average molecular weight is 327 g/mol. The maximum atomic E-state index is 12.2. The number of rotatable bonds is 5. The molecule has 120 valence electrons. The van der Waals surface area contributed by atoms with Crippen LogP contribution in [0.25, 0.3) is 6.08 Å². The topological polar surface area (TPSA) is 45.2 Å². The molecule has 23 heavy (non-hydrogen) atoms. The summed E-state index contributed by atoms with van der Waals surface area (Å²) in [7, 11) is 0. The Morgan fingerprint density at radius 2 is 2.09 bits per heavy atom. The van der Waals surface area contributed by atoms with Gasteiger partial charge >= 0.3 is 0 Å². The minimum absolute atomic E-state index is 0.105. The number of hydrogen-bond donors (Lipinski definition) is 1. The van der Waals surface area contributed by atoms with Crippen molar-refractivity contribution in [3.05, 3.63) is 53.5 Å². The van der Waals surface area contributed by atoms with Crippen LogP contribution in [0, 0.1) is 5.92 Å². The zero-order valence-electron chi connectivity index (χ0n) is 13.0. The zero-order chi connectivity index (χ0) is 15.9. The quantitative estimate of drug-likeness (QED) is 0.914. The second-order valence-electron chi connectivity index (χ2n) is 5.71. The van der Waals surface area contributed by atoms with Crippen LogP contribution in [0.4, 0.5) is 5.13 Å². The van der Waals surface area contributed by atoms with Crippen LogP contribution < -0.4 is 5.32 Å². The zero-order valence-corrected chi connectivity index (χ0v) is 13.8. The van der Waals surface area contributed by atoms with Crippen molar-refractivity contribution in [3.8, 4) is 0 Å². The third-order valence-electron chi connectivity index (χ3n) is 4.09. The number of anilines is 1. The van der Waals surface area contributed by atoms with Gasteiger partial charge in [-0.2, -0.15) is 0 Å². The lowest BCUT2D eigenvalue weighted by Gasteiger charge is -2.30. The van der Waals surface area contributed by atoms with E-state index in [1.54, 1.807) is 6.20 Å². The van der Waals surface area contributed by atoms with E-state index in [1.165, 1.54) is 16.9 Å². The van der Waals surface area contributed by atoms with Gasteiger partial charge in [0.15, 0.2) is 5.13 Å². The van der Waals surface area contributed by atoms with Gasteiger partial charge in [0.05, 0.1) is 0 Å². The molecule has 3 rings (SSSR count). The number of amides is 1. The first-order valence-corrected chi connectivity index (χ1v) is 8.83. The molecule has 1 saturated heterocycles. The number of carbonyl (C=O) groups is 1. The van der Waals surface area contributed by atoms with Crippen LogP contribution in [0.2, 0.25) is 0 Å². The van der Waals surface area contributed by atoms with E-state index in [1.807, 2.05) is 23.6 Å². The number of likely N-dealkylation sites (tertiary alicyclic amines) is 1. The van der Waals surface area contributed by atoms with Gasteiger partial charge in [0.2, 0.25) is 5.91 Å². The molecule has 0 aliphatic carbocycles. The van der Waals surface area contributed by atoms with Crippen LogP contribution in [-0.2, 0) is 4.79 Å². The SMILES string of the molecule is O=C(Nc1nccs1)C1CCN(C/C=C/c2ccccc2)CC1. The molecule has 1 aliphatic heterocycles. The van der Waals surface area contributed by atoms with Crippen molar-refractivity contribution in [2.45, 2.75) is 12.8 Å². The molecule has 4 nitrogen and oxygen atoms in total. The Hall–Kier alpha value is -1.98. The van der Waals surface area contributed by atoms with Crippen molar-refractivity contribution in [3.63, 3.8) is 0 Å². The van der Waals surface area contributed by atoms with Gasteiger partial charge in [-0.1, -0.05) is 42.5 Å². The molecule has 1 aliphatic rings. The third kappa shape index (κ3) is 4.74. The number of nitrogens with one attached hydrogen (secondary N) is 1. The first kappa shape index (κ1) is 15.9. The predicted molar refractivity (Wildman–Crippen MR) is 95.4 cm³/mol. The Bertz CT molecular complexity index is 632. The number of benzene rings is 1. The maximum absolute atomic E-state index is 12.2. The second-order valence-corrected chi connectivity index (χ2v) is 6.61. The van der Waals surface area contributed by atoms with Crippen molar-refractivity contribution < 1.29 is 4.79 Å². The van der Waals surface area contributed by atoms with Crippen molar-refractivity contribution in [2.24, 2.45) is 5.92 Å². The Balaban J connectivity index is 1.41. The minimum atomic E-state index is 0.105. The summed E-state index contributed by atoms with van der Waals surface area (Å²) < 4.78 is 0. The molecular formula is C18H21N3OS. The molecule has 2 heterocycles. The van der Waals surface area contributed by atoms with Crippen molar-refractivity contribution in [1.29, 1.82) is 0 Å². The van der Waals surface area contributed by atoms with E-state index < -0.39 is 0 Å². The smallest absolute Gasteiger partial charge is 0.229 e. The monoisotopic (exact) mass is 327 g/mol. The van der Waals surface area contributed by atoms with E-state index in [0.29, 0.717) is 5.13 Å². The van der Waals surface area contributed by atoms with E-state index >= 15 is 0 Å². The van der Waals surface area contributed by atoms with E-state index in [4.69, 9.17) is 0 Å². The molecule has 1 amide bonds. The highest BCUT2D eigenvalue weighted by molar-refractivity contribution is 7.13. The molecular weight excluding hydrogens is 306 g/mol. The fourth-order valence-corrected chi connectivity index (χ4v) is 3.30. The predicted octanol–water partition coefficient (Wildman–Crippen LogP) is 3.51. The van der Waals surface area contributed by atoms with Gasteiger partial charge in [-0.05, 0) is 31.5 Å². The largest absolute Gasteiger partial charge is 0.302 e. The van der Waals surface area contributed by atoms with Crippen molar-refractivity contribution in [1.82, 2.24) is 9.88 Å². The number of carbonyl (C=O) groups excluding carboxylic acids is 1. The molecule has 1 fully saturated rings. The van der Waals surface area contributed by atoms with Gasteiger partial charge < -0.3 is 5.32 Å². The normalized spacial score (nSPS) is 16.7. The van der Waals surface area contributed by atoms with Gasteiger partial charge in [-0.25, -0.2) is 4.98 Å². The molecule has 0 saturated carbocycles. The van der Waals surface area contributed by atoms with Gasteiger partial charge in [0.1, 0.15) is 0 Å². The molecule has 0 bridgehead atoms. The van der Waals surface area contributed by atoms with Gasteiger partial charge in [0, 0.05) is 24.0 Å². The number of thiazole rings is 1. The van der Waals surface area contributed by atoms with Crippen LogP contribution in [-0.4, -0.2) is 35.4 Å². The average Bonchev–Trinajstić information content (AvgIpc) is 3.09. The molecule has 1 aromatic heterocycles. The summed E-state index contributed by atoms with van der Waals surface area (Å²) in [6.45, 7) is 2.87. The molecule has 1 aromatic carbocycles. The molecule has 5 heteroatoms. The standard InChI is InChI=1S/C18H21N3OS/c22-17(20-18-19-10-14-23-18)16-8-12-21(13-9-16)11-4-7-15-5-2-1-3-6-15/h1-7,10,14,16H,8-9,11-13H2,(H,19,20,22)/b7-4+. The summed E-state index contributed by atoms with van der Waals surface area (Å²) in [5.74, 6) is 0.215. The molecule has 2 aromatic rings. The van der Waals surface area contributed by atoms with Gasteiger partial charge in [-0.3, -0.25) is 9.69 Å². The number of nitrogens with zero attached hydrogens (tertiary/aromatic N) is 2. The number of piperidine rings is 1. The van der Waals surface area contributed by atoms with Crippen LogP contribution in [0.15, 0.2) is 48.0 Å². The number of hydrogen-bond acceptors (Lipinski definition) is 4. The van der Waals surface area contributed by atoms with Crippen molar-refractivity contribution >= 4 is 28.5 Å². The maximum Gasteiger partial charge on any atom is 0.229 e. The second kappa shape index (κ2) is 8.04. The molecule has 1 N–H and O–H groups in total. The molecule has 0 spiro atoms. The first-order chi connectivity index (χ1) is 11.3. The fraction of sp³-hybridized carbons (Fsp3) is 0.333. The Kier molecular flexibility index (Phi) is 5.56. The van der Waals surface area contributed by atoms with Crippen LogP contribution in [0.5, 0.6) is 0 Å². The Labute approximate surface area is 140 Å². The summed E-state index contributed by atoms with van der Waals surface area (Å²) in [5.41, 5.74) is 1.23. The highest BCUT2D eigenvalue weighted by Crippen LogP contribution is 2.20. The summed E-state index contributed by atoms with van der Waals surface area (Å²) >= 11 is 1.46. The van der Waals surface area contributed by atoms with Crippen LogP contribution in [0.1, 0.15) is 18.4 Å². The van der Waals surface area contributed by atoms with E-state index in [9.17, 15) is 4.79 Å². The van der Waals surface area contributed by atoms with E-state index in [-0.39, 0.29) is 11.8 Å². The summed E-state index contributed by atoms with van der Waals surface area (Å²) in [4.78, 5) is 18.7. The Morgan fingerprint density at radius 1 is 1.30 bits per heavy atom. The summed E-state index contributed by atoms with van der Waals surface area (Å²) in [5, 5.41) is 5.48. The lowest BCUT2D eigenvalue weighted by Crippen LogP contribution is -2.38. The minimum Gasteiger partial charge on any atom is -0.302 e. The lowest BCUT2D eigenvalue weighted by atomic mass is 9.96. The lowest BCUT2D eigenvalue weighted by molar-refractivity contribution is -0.121. The highest BCUT2D eigenvalue weighted by atomic mass is 32.1. The molecule has 0 atom stereocenters. The van der Waals surface area contributed by atoms with E-state index in [0.717, 1.165) is 32.5 Å². The van der Waals surface area contributed by atoms with Crippen molar-refractivity contribution in [2.75, 3.05) is 25.0 Å². The first-order valence-electron chi connectivity index (χ1n) is 7.95. The summed E-state index contributed by atoms with van der Waals surface area (Å²) in [6, 6.07) is 10.3. The third-order valence-corrected chi connectivity index (χ3v) is 4.78.